The molecule has 2 aromatic carbocycles. The summed E-state index contributed by atoms with van der Waals surface area (Å²) < 4.78 is 17.0. The van der Waals surface area contributed by atoms with E-state index < -0.39 is 17.8 Å². The SMILES string of the molecule is CCCOc1cc(Br)c(/C=C2\C(=O)NC(=O)N(c3ccc(OCC)cc3)C2=O)cc1OC. The number of imide groups is 2. The summed E-state index contributed by atoms with van der Waals surface area (Å²) in [5, 5.41) is 2.21. The highest BCUT2D eigenvalue weighted by Gasteiger charge is 2.37. The number of carbonyl (C=O) groups excluding carboxylic acids is 3. The molecular formula is C23H23BrN2O6. The van der Waals surface area contributed by atoms with Gasteiger partial charge in [-0.25, -0.2) is 9.69 Å². The average Bonchev–Trinajstić information content (AvgIpc) is 2.77. The summed E-state index contributed by atoms with van der Waals surface area (Å²) in [6.07, 6.45) is 2.23. The summed E-state index contributed by atoms with van der Waals surface area (Å²) in [5.41, 5.74) is 0.642. The highest BCUT2D eigenvalue weighted by molar-refractivity contribution is 9.10. The Kier molecular flexibility index (Phi) is 7.53. The topological polar surface area (TPSA) is 94.2 Å². The normalized spacial score (nSPS) is 15.1. The molecular weight excluding hydrogens is 480 g/mol. The van der Waals surface area contributed by atoms with Gasteiger partial charge in [0.2, 0.25) is 0 Å². The first-order valence-corrected chi connectivity index (χ1v) is 10.8. The van der Waals surface area contributed by atoms with Gasteiger partial charge in [-0.2, -0.15) is 0 Å². The molecule has 0 spiro atoms. The first kappa shape index (κ1) is 23.3. The molecule has 1 heterocycles. The zero-order chi connectivity index (χ0) is 23.3. The number of hydrogen-bond donors (Lipinski definition) is 1. The lowest BCUT2D eigenvalue weighted by atomic mass is 10.1. The predicted octanol–water partition coefficient (Wildman–Crippen LogP) is 4.31. The summed E-state index contributed by atoms with van der Waals surface area (Å²) >= 11 is 3.45. The maximum atomic E-state index is 13.1. The molecule has 0 unspecified atom stereocenters. The van der Waals surface area contributed by atoms with E-state index in [0.717, 1.165) is 11.3 Å². The Morgan fingerprint density at radius 3 is 2.38 bits per heavy atom. The van der Waals surface area contributed by atoms with E-state index in [1.165, 1.54) is 13.2 Å². The minimum Gasteiger partial charge on any atom is -0.494 e. The number of amides is 4. The molecule has 0 bridgehead atoms. The number of hydrogen-bond acceptors (Lipinski definition) is 6. The molecule has 168 valence electrons. The van der Waals surface area contributed by atoms with Gasteiger partial charge in [0.05, 0.1) is 26.0 Å². The quantitative estimate of drug-likeness (QED) is 0.426. The van der Waals surface area contributed by atoms with Crippen LogP contribution in [0, 0.1) is 0 Å². The molecule has 0 aromatic heterocycles. The van der Waals surface area contributed by atoms with Crippen LogP contribution in [0.1, 0.15) is 25.8 Å². The van der Waals surface area contributed by atoms with E-state index in [1.54, 1.807) is 36.4 Å². The van der Waals surface area contributed by atoms with Gasteiger partial charge in [0.15, 0.2) is 11.5 Å². The number of anilines is 1. The zero-order valence-electron chi connectivity index (χ0n) is 17.9. The number of urea groups is 1. The van der Waals surface area contributed by atoms with Gasteiger partial charge < -0.3 is 14.2 Å². The van der Waals surface area contributed by atoms with Crippen molar-refractivity contribution in [2.24, 2.45) is 0 Å². The monoisotopic (exact) mass is 502 g/mol. The molecule has 8 nitrogen and oxygen atoms in total. The zero-order valence-corrected chi connectivity index (χ0v) is 19.5. The van der Waals surface area contributed by atoms with Crippen LogP contribution in [0.15, 0.2) is 46.4 Å². The maximum Gasteiger partial charge on any atom is 0.335 e. The van der Waals surface area contributed by atoms with Crippen LogP contribution in [0.5, 0.6) is 17.2 Å². The number of nitrogens with zero attached hydrogens (tertiary/aromatic N) is 1. The Labute approximate surface area is 194 Å². The Bertz CT molecular complexity index is 1060. The van der Waals surface area contributed by atoms with Gasteiger partial charge in [-0.05, 0) is 61.4 Å². The third-order valence-electron chi connectivity index (χ3n) is 4.55. The Balaban J connectivity index is 1.97. The van der Waals surface area contributed by atoms with Gasteiger partial charge >= 0.3 is 6.03 Å². The molecule has 0 atom stereocenters. The van der Waals surface area contributed by atoms with Crippen LogP contribution in [0.25, 0.3) is 6.08 Å². The molecule has 0 aliphatic carbocycles. The van der Waals surface area contributed by atoms with E-state index in [-0.39, 0.29) is 5.57 Å². The fourth-order valence-electron chi connectivity index (χ4n) is 3.05. The summed E-state index contributed by atoms with van der Waals surface area (Å²) in [4.78, 5) is 38.9. The Hall–Kier alpha value is -3.33. The number of barbiturate groups is 1. The van der Waals surface area contributed by atoms with Crippen molar-refractivity contribution in [3.63, 3.8) is 0 Å². The fraction of sp³-hybridized carbons (Fsp3) is 0.261. The van der Waals surface area contributed by atoms with Crippen molar-refractivity contribution >= 4 is 45.5 Å². The van der Waals surface area contributed by atoms with Gasteiger partial charge in [0, 0.05) is 4.47 Å². The molecule has 3 rings (SSSR count). The minimum absolute atomic E-state index is 0.191. The second kappa shape index (κ2) is 10.3. The molecule has 9 heteroatoms. The molecule has 1 aliphatic heterocycles. The molecule has 1 aliphatic rings. The predicted molar refractivity (Wildman–Crippen MR) is 123 cm³/mol. The van der Waals surface area contributed by atoms with Crippen molar-refractivity contribution < 1.29 is 28.6 Å². The second-order valence-electron chi connectivity index (χ2n) is 6.76. The molecule has 1 fully saturated rings. The van der Waals surface area contributed by atoms with Crippen molar-refractivity contribution in [3.05, 3.63) is 52.0 Å². The standard InChI is InChI=1S/C23H23BrN2O6/c1-4-10-32-20-13-18(24)14(12-19(20)30-3)11-17-21(27)25-23(29)26(22(17)28)15-6-8-16(9-7-15)31-5-2/h6-9,11-13H,4-5,10H2,1-3H3,(H,25,27,29)/b17-11+. The fourth-order valence-corrected chi connectivity index (χ4v) is 3.49. The van der Waals surface area contributed by atoms with Crippen LogP contribution in [0.3, 0.4) is 0 Å². The number of rotatable bonds is 8. The second-order valence-corrected chi connectivity index (χ2v) is 7.61. The first-order valence-electron chi connectivity index (χ1n) is 10.0. The van der Waals surface area contributed by atoms with Gasteiger partial charge in [0.1, 0.15) is 11.3 Å². The number of nitrogens with one attached hydrogen (secondary N) is 1. The van der Waals surface area contributed by atoms with Crippen molar-refractivity contribution in [1.82, 2.24) is 5.32 Å². The maximum absolute atomic E-state index is 13.1. The number of carbonyl (C=O) groups is 3. The number of halogens is 1. The highest BCUT2D eigenvalue weighted by Crippen LogP contribution is 2.35. The Morgan fingerprint density at radius 2 is 1.75 bits per heavy atom. The smallest absolute Gasteiger partial charge is 0.335 e. The van der Waals surface area contributed by atoms with Gasteiger partial charge in [-0.3, -0.25) is 14.9 Å². The molecule has 1 saturated heterocycles. The number of ether oxygens (including phenoxy) is 3. The van der Waals surface area contributed by atoms with Crippen LogP contribution in [-0.2, 0) is 9.59 Å². The van der Waals surface area contributed by atoms with Crippen molar-refractivity contribution in [2.45, 2.75) is 20.3 Å². The Morgan fingerprint density at radius 1 is 1.03 bits per heavy atom. The van der Waals surface area contributed by atoms with Gasteiger partial charge in [-0.15, -0.1) is 0 Å². The van der Waals surface area contributed by atoms with E-state index in [2.05, 4.69) is 21.2 Å². The van der Waals surface area contributed by atoms with Crippen molar-refractivity contribution in [1.29, 1.82) is 0 Å². The van der Waals surface area contributed by atoms with Crippen LogP contribution >= 0.6 is 15.9 Å². The third kappa shape index (κ3) is 4.94. The summed E-state index contributed by atoms with van der Waals surface area (Å²) in [5.74, 6) is 0.0828. The summed E-state index contributed by atoms with van der Waals surface area (Å²) in [6.45, 7) is 4.85. The lowest BCUT2D eigenvalue weighted by molar-refractivity contribution is -0.122. The largest absolute Gasteiger partial charge is 0.494 e. The van der Waals surface area contributed by atoms with E-state index >= 15 is 0 Å². The van der Waals surface area contributed by atoms with Crippen LogP contribution in [0.2, 0.25) is 0 Å². The number of benzene rings is 2. The third-order valence-corrected chi connectivity index (χ3v) is 5.24. The minimum atomic E-state index is -0.818. The van der Waals surface area contributed by atoms with E-state index in [1.807, 2.05) is 13.8 Å². The molecule has 1 N–H and O–H groups in total. The van der Waals surface area contributed by atoms with E-state index in [4.69, 9.17) is 14.2 Å². The van der Waals surface area contributed by atoms with Crippen LogP contribution in [0.4, 0.5) is 10.5 Å². The first-order chi connectivity index (χ1) is 15.4. The summed E-state index contributed by atoms with van der Waals surface area (Å²) in [7, 11) is 1.50. The van der Waals surface area contributed by atoms with Crippen molar-refractivity contribution in [3.8, 4) is 17.2 Å². The van der Waals surface area contributed by atoms with Crippen LogP contribution < -0.4 is 24.4 Å². The molecule has 0 radical (unpaired) electrons. The van der Waals surface area contributed by atoms with E-state index in [9.17, 15) is 14.4 Å². The van der Waals surface area contributed by atoms with Gasteiger partial charge in [0.25, 0.3) is 11.8 Å². The lowest BCUT2D eigenvalue weighted by Gasteiger charge is -2.26. The molecule has 2 aromatic rings. The summed E-state index contributed by atoms with van der Waals surface area (Å²) in [6, 6.07) is 9.00. The highest BCUT2D eigenvalue weighted by atomic mass is 79.9. The van der Waals surface area contributed by atoms with Crippen molar-refractivity contribution in [2.75, 3.05) is 25.2 Å². The molecule has 4 amide bonds. The van der Waals surface area contributed by atoms with E-state index in [0.29, 0.717) is 46.2 Å². The average molecular weight is 503 g/mol. The lowest BCUT2D eigenvalue weighted by Crippen LogP contribution is -2.54. The van der Waals surface area contributed by atoms with Gasteiger partial charge in [-0.1, -0.05) is 22.9 Å². The molecule has 32 heavy (non-hydrogen) atoms. The van der Waals surface area contributed by atoms with Crippen LogP contribution in [-0.4, -0.2) is 38.2 Å². The molecule has 0 saturated carbocycles. The number of methoxy groups -OCH3 is 1.